The number of hydrogen-bond donors (Lipinski definition) is 1. The Hall–Kier alpha value is -2.17. The average molecular weight is 247 g/mol. The van der Waals surface area contributed by atoms with E-state index in [2.05, 4.69) is 10.4 Å². The van der Waals surface area contributed by atoms with Crippen molar-refractivity contribution in [1.82, 2.24) is 9.78 Å². The SMILES string of the molecule is CC(CC(=O)Nc1cccc(F)c1)n1cccn1. The first-order valence-corrected chi connectivity index (χ1v) is 5.69. The van der Waals surface area contributed by atoms with Gasteiger partial charge in [0.25, 0.3) is 0 Å². The Morgan fingerprint density at radius 2 is 2.33 bits per heavy atom. The largest absolute Gasteiger partial charge is 0.326 e. The lowest BCUT2D eigenvalue weighted by Crippen LogP contribution is -2.17. The molecule has 0 spiro atoms. The maximum absolute atomic E-state index is 12.9. The average Bonchev–Trinajstić information content (AvgIpc) is 2.81. The molecule has 0 fully saturated rings. The molecule has 1 N–H and O–H groups in total. The van der Waals surface area contributed by atoms with E-state index in [0.29, 0.717) is 5.69 Å². The van der Waals surface area contributed by atoms with Crippen LogP contribution in [-0.2, 0) is 4.79 Å². The number of hydrogen-bond acceptors (Lipinski definition) is 2. The van der Waals surface area contributed by atoms with Crippen LogP contribution in [0.5, 0.6) is 0 Å². The molecule has 18 heavy (non-hydrogen) atoms. The predicted molar refractivity (Wildman–Crippen MR) is 66.6 cm³/mol. The zero-order chi connectivity index (χ0) is 13.0. The van der Waals surface area contributed by atoms with Crippen molar-refractivity contribution in [1.29, 1.82) is 0 Å². The molecule has 4 nitrogen and oxygen atoms in total. The quantitative estimate of drug-likeness (QED) is 0.902. The lowest BCUT2D eigenvalue weighted by Gasteiger charge is -2.12. The maximum Gasteiger partial charge on any atom is 0.226 e. The summed E-state index contributed by atoms with van der Waals surface area (Å²) in [6.45, 7) is 1.90. The molecule has 2 rings (SSSR count). The summed E-state index contributed by atoms with van der Waals surface area (Å²) in [5.74, 6) is -0.531. The summed E-state index contributed by atoms with van der Waals surface area (Å²) >= 11 is 0. The number of nitrogens with one attached hydrogen (secondary N) is 1. The van der Waals surface area contributed by atoms with Crippen molar-refractivity contribution in [2.45, 2.75) is 19.4 Å². The van der Waals surface area contributed by atoms with Crippen molar-refractivity contribution in [3.05, 3.63) is 48.5 Å². The minimum atomic E-state index is -0.368. The second kappa shape index (κ2) is 5.44. The number of halogens is 1. The van der Waals surface area contributed by atoms with Crippen LogP contribution in [0.4, 0.5) is 10.1 Å². The summed E-state index contributed by atoms with van der Waals surface area (Å²) in [5, 5.41) is 6.72. The third-order valence-electron chi connectivity index (χ3n) is 2.57. The van der Waals surface area contributed by atoms with Crippen molar-refractivity contribution >= 4 is 11.6 Å². The molecular formula is C13H14FN3O. The maximum atomic E-state index is 12.9. The molecule has 94 valence electrons. The minimum Gasteiger partial charge on any atom is -0.326 e. The first kappa shape index (κ1) is 12.3. The minimum absolute atomic E-state index is 0.0337. The molecule has 0 aliphatic rings. The molecule has 0 saturated heterocycles. The lowest BCUT2D eigenvalue weighted by atomic mass is 10.2. The standard InChI is InChI=1S/C13H14FN3O/c1-10(17-7-3-6-15-17)8-13(18)16-12-5-2-4-11(14)9-12/h2-7,9-10H,8H2,1H3,(H,16,18). The Morgan fingerprint density at radius 3 is 3.00 bits per heavy atom. The molecule has 1 aromatic carbocycles. The van der Waals surface area contributed by atoms with E-state index in [-0.39, 0.29) is 24.2 Å². The van der Waals surface area contributed by atoms with Crippen molar-refractivity contribution in [2.75, 3.05) is 5.32 Å². The van der Waals surface area contributed by atoms with Crippen LogP contribution in [0.2, 0.25) is 0 Å². The number of amides is 1. The van der Waals surface area contributed by atoms with Gasteiger partial charge >= 0.3 is 0 Å². The highest BCUT2D eigenvalue weighted by Crippen LogP contribution is 2.13. The van der Waals surface area contributed by atoms with Crippen molar-refractivity contribution in [3.63, 3.8) is 0 Å². The van der Waals surface area contributed by atoms with Crippen molar-refractivity contribution < 1.29 is 9.18 Å². The molecule has 0 bridgehead atoms. The summed E-state index contributed by atoms with van der Waals surface area (Å²) in [4.78, 5) is 11.8. The Morgan fingerprint density at radius 1 is 1.50 bits per heavy atom. The van der Waals surface area contributed by atoms with Gasteiger partial charge in [0.2, 0.25) is 5.91 Å². The summed E-state index contributed by atoms with van der Waals surface area (Å²) in [7, 11) is 0. The van der Waals surface area contributed by atoms with Crippen LogP contribution in [0.1, 0.15) is 19.4 Å². The van der Waals surface area contributed by atoms with Gasteiger partial charge in [0.05, 0.1) is 6.04 Å². The summed E-state index contributed by atoms with van der Waals surface area (Å²) in [6.07, 6.45) is 3.76. The second-order valence-electron chi connectivity index (χ2n) is 4.10. The number of aromatic nitrogens is 2. The number of anilines is 1. The van der Waals surface area contributed by atoms with Gasteiger partial charge in [0, 0.05) is 24.5 Å². The topological polar surface area (TPSA) is 46.9 Å². The van der Waals surface area contributed by atoms with Gasteiger partial charge in [-0.15, -0.1) is 0 Å². The van der Waals surface area contributed by atoms with Gasteiger partial charge in [0.1, 0.15) is 5.82 Å². The Bertz CT molecular complexity index is 525. The van der Waals surface area contributed by atoms with Gasteiger partial charge in [0.15, 0.2) is 0 Å². The molecule has 1 aromatic heterocycles. The van der Waals surface area contributed by atoms with E-state index in [1.54, 1.807) is 35.3 Å². The van der Waals surface area contributed by atoms with E-state index < -0.39 is 0 Å². The Balaban J connectivity index is 1.93. The van der Waals surface area contributed by atoms with Gasteiger partial charge in [-0.05, 0) is 31.2 Å². The van der Waals surface area contributed by atoms with Crippen LogP contribution >= 0.6 is 0 Å². The highest BCUT2D eigenvalue weighted by molar-refractivity contribution is 5.90. The fraction of sp³-hybridized carbons (Fsp3) is 0.231. The van der Waals surface area contributed by atoms with Crippen LogP contribution in [0.3, 0.4) is 0 Å². The van der Waals surface area contributed by atoms with E-state index in [1.165, 1.54) is 12.1 Å². The van der Waals surface area contributed by atoms with E-state index in [1.807, 2.05) is 6.92 Å². The number of carbonyl (C=O) groups excluding carboxylic acids is 1. The molecule has 0 saturated carbocycles. The molecule has 1 atom stereocenters. The third-order valence-corrected chi connectivity index (χ3v) is 2.57. The third kappa shape index (κ3) is 3.16. The molecule has 0 aliphatic carbocycles. The molecular weight excluding hydrogens is 233 g/mol. The van der Waals surface area contributed by atoms with Gasteiger partial charge in [-0.1, -0.05) is 6.07 Å². The number of benzene rings is 1. The van der Waals surface area contributed by atoms with Gasteiger partial charge in [-0.2, -0.15) is 5.10 Å². The zero-order valence-electron chi connectivity index (χ0n) is 10.0. The molecule has 1 amide bonds. The predicted octanol–water partition coefficient (Wildman–Crippen LogP) is 2.61. The molecule has 0 aliphatic heterocycles. The summed E-state index contributed by atoms with van der Waals surface area (Å²) < 4.78 is 14.7. The van der Waals surface area contributed by atoms with E-state index in [4.69, 9.17) is 0 Å². The zero-order valence-corrected chi connectivity index (χ0v) is 10.0. The Kier molecular flexibility index (Phi) is 3.72. The van der Waals surface area contributed by atoms with E-state index in [9.17, 15) is 9.18 Å². The molecule has 5 heteroatoms. The second-order valence-corrected chi connectivity index (χ2v) is 4.10. The lowest BCUT2D eigenvalue weighted by molar-refractivity contribution is -0.116. The van der Waals surface area contributed by atoms with Crippen LogP contribution < -0.4 is 5.32 Å². The first-order chi connectivity index (χ1) is 8.65. The molecule has 2 aromatic rings. The van der Waals surface area contributed by atoms with E-state index >= 15 is 0 Å². The van der Waals surface area contributed by atoms with E-state index in [0.717, 1.165) is 0 Å². The number of carbonyl (C=O) groups is 1. The van der Waals surface area contributed by atoms with Gasteiger partial charge in [-0.3, -0.25) is 9.48 Å². The first-order valence-electron chi connectivity index (χ1n) is 5.69. The van der Waals surface area contributed by atoms with Gasteiger partial charge < -0.3 is 5.32 Å². The normalized spacial score (nSPS) is 12.1. The fourth-order valence-electron chi connectivity index (χ4n) is 1.68. The number of rotatable bonds is 4. The van der Waals surface area contributed by atoms with Crippen LogP contribution in [0.15, 0.2) is 42.7 Å². The monoisotopic (exact) mass is 247 g/mol. The highest BCUT2D eigenvalue weighted by Gasteiger charge is 2.11. The van der Waals surface area contributed by atoms with Crippen molar-refractivity contribution in [2.24, 2.45) is 0 Å². The van der Waals surface area contributed by atoms with Crippen LogP contribution in [0.25, 0.3) is 0 Å². The molecule has 1 unspecified atom stereocenters. The van der Waals surface area contributed by atoms with Crippen LogP contribution in [-0.4, -0.2) is 15.7 Å². The van der Waals surface area contributed by atoms with Crippen molar-refractivity contribution in [3.8, 4) is 0 Å². The summed E-state index contributed by atoms with van der Waals surface area (Å²) in [5.41, 5.74) is 0.465. The smallest absolute Gasteiger partial charge is 0.226 e. The fourth-order valence-corrected chi connectivity index (χ4v) is 1.68. The van der Waals surface area contributed by atoms with Gasteiger partial charge in [-0.25, -0.2) is 4.39 Å². The summed E-state index contributed by atoms with van der Waals surface area (Å²) in [6, 6.07) is 7.61. The van der Waals surface area contributed by atoms with Crippen LogP contribution in [0, 0.1) is 5.82 Å². The molecule has 1 heterocycles. The molecule has 0 radical (unpaired) electrons. The highest BCUT2D eigenvalue weighted by atomic mass is 19.1. The number of nitrogens with zero attached hydrogens (tertiary/aromatic N) is 2. The Labute approximate surface area is 104 Å².